The molecule has 2 fully saturated rings. The zero-order valence-corrected chi connectivity index (χ0v) is 12.9. The van der Waals surface area contributed by atoms with Crippen LogP contribution in [-0.2, 0) is 10.2 Å². The van der Waals surface area contributed by atoms with Crippen LogP contribution in [0.2, 0.25) is 0 Å². The Morgan fingerprint density at radius 3 is 2.38 bits per heavy atom. The largest absolute Gasteiger partial charge is 0.317 e. The molecule has 1 aliphatic carbocycles. The van der Waals surface area contributed by atoms with Crippen LogP contribution < -0.4 is 5.32 Å². The molecular weight excluding hydrogens is 258 g/mol. The molecule has 0 aromatic heterocycles. The van der Waals surface area contributed by atoms with E-state index in [0.29, 0.717) is 11.7 Å². The van der Waals surface area contributed by atoms with Crippen molar-refractivity contribution in [3.05, 3.63) is 35.9 Å². The summed E-state index contributed by atoms with van der Waals surface area (Å²) in [6, 6.07) is 10.5. The molecule has 1 N–H and O–H groups in total. The van der Waals surface area contributed by atoms with E-state index in [-0.39, 0.29) is 5.41 Å². The normalized spacial score (nSPS) is 22.9. The standard InChI is InChI=1S/C19H27NO/c21-18(15-16-7-3-1-4-8-16)19(11-13-20-14-12-19)17-9-5-2-6-10-17/h2,5-6,9-10,16,20H,1,3-4,7-8,11-15H2. The van der Waals surface area contributed by atoms with Gasteiger partial charge in [0.1, 0.15) is 5.78 Å². The summed E-state index contributed by atoms with van der Waals surface area (Å²) >= 11 is 0. The molecule has 21 heavy (non-hydrogen) atoms. The molecule has 3 rings (SSSR count). The number of benzene rings is 1. The molecule has 1 aromatic carbocycles. The molecule has 114 valence electrons. The fourth-order valence-electron chi connectivity index (χ4n) is 4.19. The van der Waals surface area contributed by atoms with Gasteiger partial charge in [-0.05, 0) is 37.4 Å². The smallest absolute Gasteiger partial charge is 0.143 e. The summed E-state index contributed by atoms with van der Waals surface area (Å²) in [4.78, 5) is 13.2. The summed E-state index contributed by atoms with van der Waals surface area (Å²) in [5.74, 6) is 1.14. The maximum absolute atomic E-state index is 13.2. The molecule has 1 saturated carbocycles. The topological polar surface area (TPSA) is 29.1 Å². The second-order valence-electron chi connectivity index (χ2n) is 6.83. The first-order chi connectivity index (χ1) is 10.3. The summed E-state index contributed by atoms with van der Waals surface area (Å²) < 4.78 is 0. The number of carbonyl (C=O) groups is 1. The van der Waals surface area contributed by atoms with Gasteiger partial charge in [0, 0.05) is 6.42 Å². The van der Waals surface area contributed by atoms with Crippen molar-refractivity contribution in [1.82, 2.24) is 5.32 Å². The number of piperidine rings is 1. The van der Waals surface area contributed by atoms with Crippen molar-refractivity contribution in [3.8, 4) is 0 Å². The maximum atomic E-state index is 13.2. The minimum Gasteiger partial charge on any atom is -0.317 e. The van der Waals surface area contributed by atoms with Gasteiger partial charge in [-0.15, -0.1) is 0 Å². The van der Waals surface area contributed by atoms with Crippen molar-refractivity contribution in [3.63, 3.8) is 0 Å². The minimum atomic E-state index is -0.218. The summed E-state index contributed by atoms with van der Waals surface area (Å²) in [6.45, 7) is 1.93. The minimum absolute atomic E-state index is 0.218. The molecular formula is C19H27NO. The van der Waals surface area contributed by atoms with E-state index in [1.165, 1.54) is 37.7 Å². The Morgan fingerprint density at radius 1 is 1.05 bits per heavy atom. The van der Waals surface area contributed by atoms with Crippen LogP contribution in [0.1, 0.15) is 56.9 Å². The third kappa shape index (κ3) is 3.21. The van der Waals surface area contributed by atoms with Crippen molar-refractivity contribution in [2.24, 2.45) is 5.92 Å². The van der Waals surface area contributed by atoms with E-state index in [4.69, 9.17) is 0 Å². The van der Waals surface area contributed by atoms with Gasteiger partial charge in [0.2, 0.25) is 0 Å². The van der Waals surface area contributed by atoms with Crippen molar-refractivity contribution >= 4 is 5.78 Å². The predicted octanol–water partition coefficient (Wildman–Crippen LogP) is 3.85. The number of hydrogen-bond acceptors (Lipinski definition) is 2. The highest BCUT2D eigenvalue weighted by Crippen LogP contribution is 2.38. The molecule has 0 atom stereocenters. The van der Waals surface area contributed by atoms with Crippen LogP contribution in [0.5, 0.6) is 0 Å². The van der Waals surface area contributed by atoms with Gasteiger partial charge in [0.05, 0.1) is 5.41 Å². The molecule has 0 bridgehead atoms. The van der Waals surface area contributed by atoms with Gasteiger partial charge in [-0.3, -0.25) is 4.79 Å². The van der Waals surface area contributed by atoms with E-state index < -0.39 is 0 Å². The van der Waals surface area contributed by atoms with E-state index in [9.17, 15) is 4.79 Å². The average molecular weight is 285 g/mol. The fraction of sp³-hybridized carbons (Fsp3) is 0.632. The highest BCUT2D eigenvalue weighted by molar-refractivity contribution is 5.90. The van der Waals surface area contributed by atoms with Gasteiger partial charge in [-0.25, -0.2) is 0 Å². The van der Waals surface area contributed by atoms with Gasteiger partial charge >= 0.3 is 0 Å². The SMILES string of the molecule is O=C(CC1CCCCC1)C1(c2ccccc2)CCNCC1. The molecule has 1 saturated heterocycles. The van der Waals surface area contributed by atoms with Crippen LogP contribution >= 0.6 is 0 Å². The number of hydrogen-bond donors (Lipinski definition) is 1. The first-order valence-electron chi connectivity index (χ1n) is 8.61. The number of carbonyl (C=O) groups excluding carboxylic acids is 1. The van der Waals surface area contributed by atoms with Gasteiger partial charge in [-0.1, -0.05) is 62.4 Å². The summed E-state index contributed by atoms with van der Waals surface area (Å²) in [6.07, 6.45) is 9.23. The van der Waals surface area contributed by atoms with Crippen LogP contribution in [0.15, 0.2) is 30.3 Å². The van der Waals surface area contributed by atoms with Crippen molar-refractivity contribution in [1.29, 1.82) is 0 Å². The van der Waals surface area contributed by atoms with E-state index in [2.05, 4.69) is 29.6 Å². The Morgan fingerprint density at radius 2 is 1.71 bits per heavy atom. The Labute approximate surface area is 128 Å². The van der Waals surface area contributed by atoms with Crippen molar-refractivity contribution in [2.45, 2.75) is 56.8 Å². The fourth-order valence-corrected chi connectivity index (χ4v) is 4.19. The molecule has 0 amide bonds. The van der Waals surface area contributed by atoms with E-state index in [0.717, 1.165) is 32.4 Å². The molecule has 0 spiro atoms. The Bertz CT molecular complexity index is 456. The summed E-state index contributed by atoms with van der Waals surface area (Å²) in [5, 5.41) is 3.42. The lowest BCUT2D eigenvalue weighted by molar-refractivity contribution is -0.126. The highest BCUT2D eigenvalue weighted by Gasteiger charge is 2.41. The van der Waals surface area contributed by atoms with E-state index in [1.54, 1.807) is 0 Å². The van der Waals surface area contributed by atoms with Crippen molar-refractivity contribution in [2.75, 3.05) is 13.1 Å². The molecule has 0 unspecified atom stereocenters. The number of nitrogens with one attached hydrogen (secondary N) is 1. The van der Waals surface area contributed by atoms with Gasteiger partial charge in [0.25, 0.3) is 0 Å². The lowest BCUT2D eigenvalue weighted by Crippen LogP contribution is -2.46. The molecule has 1 aliphatic heterocycles. The maximum Gasteiger partial charge on any atom is 0.143 e. The van der Waals surface area contributed by atoms with Crippen LogP contribution in [0.25, 0.3) is 0 Å². The number of ketones is 1. The van der Waals surface area contributed by atoms with Crippen LogP contribution in [0.3, 0.4) is 0 Å². The molecule has 2 aliphatic rings. The van der Waals surface area contributed by atoms with Gasteiger partial charge < -0.3 is 5.32 Å². The van der Waals surface area contributed by atoms with Gasteiger partial charge in [-0.2, -0.15) is 0 Å². The molecule has 2 nitrogen and oxygen atoms in total. The first kappa shape index (κ1) is 14.8. The second-order valence-corrected chi connectivity index (χ2v) is 6.83. The molecule has 0 radical (unpaired) electrons. The molecule has 1 heterocycles. The third-order valence-electron chi connectivity index (χ3n) is 5.52. The van der Waals surface area contributed by atoms with Crippen molar-refractivity contribution < 1.29 is 4.79 Å². The third-order valence-corrected chi connectivity index (χ3v) is 5.52. The van der Waals surface area contributed by atoms with Crippen LogP contribution in [-0.4, -0.2) is 18.9 Å². The highest BCUT2D eigenvalue weighted by atomic mass is 16.1. The molecule has 1 aromatic rings. The van der Waals surface area contributed by atoms with E-state index in [1.807, 2.05) is 6.07 Å². The predicted molar refractivity (Wildman–Crippen MR) is 86.4 cm³/mol. The lowest BCUT2D eigenvalue weighted by Gasteiger charge is -2.38. The van der Waals surface area contributed by atoms with Crippen LogP contribution in [0, 0.1) is 5.92 Å². The van der Waals surface area contributed by atoms with Crippen LogP contribution in [0.4, 0.5) is 0 Å². The number of rotatable bonds is 4. The Hall–Kier alpha value is -1.15. The molecule has 2 heteroatoms. The van der Waals surface area contributed by atoms with E-state index >= 15 is 0 Å². The quantitative estimate of drug-likeness (QED) is 0.910. The summed E-state index contributed by atoms with van der Waals surface area (Å²) in [7, 11) is 0. The Kier molecular flexibility index (Phi) is 4.74. The van der Waals surface area contributed by atoms with Gasteiger partial charge in [0.15, 0.2) is 0 Å². The monoisotopic (exact) mass is 285 g/mol. The zero-order valence-electron chi connectivity index (χ0n) is 12.9. The first-order valence-corrected chi connectivity index (χ1v) is 8.61. The lowest BCUT2D eigenvalue weighted by atomic mass is 9.67. The number of Topliss-reactive ketones (excluding diaryl/α,β-unsaturated/α-hetero) is 1. The average Bonchev–Trinajstić information content (AvgIpc) is 2.57. The second kappa shape index (κ2) is 6.74. The Balaban J connectivity index is 1.79. The summed E-state index contributed by atoms with van der Waals surface area (Å²) in [5.41, 5.74) is 1.02. The zero-order chi connectivity index (χ0) is 14.5.